The maximum atomic E-state index is 13.4. The number of carboxylic acids is 1. The number of ether oxygens (including phenoxy) is 3. The third-order valence-electron chi connectivity index (χ3n) is 7.47. The molecule has 3 heterocycles. The molecule has 6 rings (SSSR count). The van der Waals surface area contributed by atoms with Gasteiger partial charge in [0.1, 0.15) is 5.82 Å². The fourth-order valence-corrected chi connectivity index (χ4v) is 4.65. The number of nitrogens with one attached hydrogen (secondary N) is 1. The average molecular weight is 751 g/mol. The predicted octanol–water partition coefficient (Wildman–Crippen LogP) is 3.12. The number of halogens is 3. The van der Waals surface area contributed by atoms with Crippen LogP contribution in [0.3, 0.4) is 0 Å². The van der Waals surface area contributed by atoms with E-state index in [0.29, 0.717) is 64.2 Å². The normalized spacial score (nSPS) is 15.2. The number of carboxylic acid groups (broad SMARTS) is 1. The van der Waals surface area contributed by atoms with Crippen LogP contribution in [0.25, 0.3) is 0 Å². The summed E-state index contributed by atoms with van der Waals surface area (Å²) in [6, 6.07) is 9.69. The van der Waals surface area contributed by atoms with Gasteiger partial charge in [-0.25, -0.2) is 9.18 Å². The number of hydrogen-bond acceptors (Lipinski definition) is 12. The molecule has 3 aromatic carbocycles. The molecule has 0 unspecified atom stereocenters. The molecule has 0 saturated carbocycles. The number of nitrogen functional groups attached to an aromatic ring is 1. The quantitative estimate of drug-likeness (QED) is 0.194. The van der Waals surface area contributed by atoms with Gasteiger partial charge in [0.25, 0.3) is 11.8 Å². The summed E-state index contributed by atoms with van der Waals surface area (Å²) in [7, 11) is 0. The first-order chi connectivity index (χ1) is 25.3. The highest BCUT2D eigenvalue weighted by atomic mass is 19.1. The average Bonchev–Trinajstić information content (AvgIpc) is 3.17. The highest BCUT2D eigenvalue weighted by molar-refractivity contribution is 5.95. The molecule has 3 aromatic rings. The molecule has 0 aromatic heterocycles. The number of nitro benzene ring substituents is 2. The number of anilines is 1. The smallest absolute Gasteiger partial charge is 0.335 e. The second kappa shape index (κ2) is 21.0. The Morgan fingerprint density at radius 2 is 1.02 bits per heavy atom. The van der Waals surface area contributed by atoms with Crippen LogP contribution >= 0.6 is 0 Å². The predicted molar refractivity (Wildman–Crippen MR) is 181 cm³/mol. The molecule has 3 aliphatic heterocycles. The minimum absolute atomic E-state index is 0.0542. The number of nitrogens with zero attached hydrogens (tertiary/aromatic N) is 4. The van der Waals surface area contributed by atoms with Gasteiger partial charge in [0, 0.05) is 62.5 Å². The zero-order chi connectivity index (χ0) is 38.9. The van der Waals surface area contributed by atoms with Crippen LogP contribution in [0.2, 0.25) is 0 Å². The Hall–Kier alpha value is -5.70. The molecule has 0 spiro atoms. The number of nitro groups is 2. The number of rotatable bonds is 5. The Morgan fingerprint density at radius 3 is 1.36 bits per heavy atom. The molecule has 0 atom stereocenters. The third kappa shape index (κ3) is 13.1. The van der Waals surface area contributed by atoms with Gasteiger partial charge in [-0.05, 0) is 42.5 Å². The van der Waals surface area contributed by atoms with Crippen LogP contribution in [0.4, 0.5) is 30.2 Å². The summed E-state index contributed by atoms with van der Waals surface area (Å²) in [5.74, 6) is -4.55. The Labute approximate surface area is 300 Å². The molecular formula is C33H37F3N6O11. The lowest BCUT2D eigenvalue weighted by Crippen LogP contribution is -2.40. The molecule has 53 heavy (non-hydrogen) atoms. The standard InChI is InChI=1S/C11H11FN2O4.C11H13FN2O2.C7H4FNO4.C4H9NO/c12-9-7-8(1-2-10(9)14(16)17)11(15)13-3-5-18-6-4-13;12-9-7-8(1-2-10(9)13)11(15)14-3-5-16-6-4-14;8-5-3-4(7(10)11)1-2-6(5)9(12)13;1-3-6-4-2-5-1/h1-2,7H,3-6H2;1-2,7H,3-6,13H2;1-3H,(H,10,11);5H,1-4H2. The molecule has 20 heteroatoms. The number of morpholine rings is 3. The number of hydrogen-bond donors (Lipinski definition) is 3. The fraction of sp³-hybridized carbons (Fsp3) is 0.364. The Kier molecular flexibility index (Phi) is 16.5. The number of nitrogens with two attached hydrogens (primary N) is 1. The second-order valence-electron chi connectivity index (χ2n) is 11.1. The van der Waals surface area contributed by atoms with Crippen molar-refractivity contribution in [3.8, 4) is 0 Å². The monoisotopic (exact) mass is 750 g/mol. The van der Waals surface area contributed by atoms with Gasteiger partial charge >= 0.3 is 17.3 Å². The summed E-state index contributed by atoms with van der Waals surface area (Å²) in [6.07, 6.45) is 0. The summed E-state index contributed by atoms with van der Waals surface area (Å²) in [4.78, 5) is 56.2. The molecule has 3 saturated heterocycles. The van der Waals surface area contributed by atoms with Gasteiger partial charge in [-0.2, -0.15) is 8.78 Å². The summed E-state index contributed by atoms with van der Waals surface area (Å²) < 4.78 is 54.6. The van der Waals surface area contributed by atoms with Crippen LogP contribution < -0.4 is 11.1 Å². The third-order valence-corrected chi connectivity index (χ3v) is 7.47. The van der Waals surface area contributed by atoms with Gasteiger partial charge in [0.2, 0.25) is 11.6 Å². The van der Waals surface area contributed by atoms with Crippen molar-refractivity contribution in [2.45, 2.75) is 0 Å². The zero-order valence-electron chi connectivity index (χ0n) is 28.2. The van der Waals surface area contributed by atoms with Crippen molar-refractivity contribution < 1.29 is 56.7 Å². The van der Waals surface area contributed by atoms with E-state index in [1.54, 1.807) is 4.90 Å². The van der Waals surface area contributed by atoms with Crippen molar-refractivity contribution in [3.63, 3.8) is 0 Å². The van der Waals surface area contributed by atoms with Crippen molar-refractivity contribution in [2.24, 2.45) is 0 Å². The number of aromatic carboxylic acids is 1. The Bertz CT molecular complexity index is 1740. The molecule has 0 bridgehead atoms. The highest BCUT2D eigenvalue weighted by Crippen LogP contribution is 2.20. The number of carbonyl (C=O) groups is 3. The lowest BCUT2D eigenvalue weighted by Gasteiger charge is -2.26. The van der Waals surface area contributed by atoms with E-state index in [1.807, 2.05) is 0 Å². The first-order valence-corrected chi connectivity index (χ1v) is 16.0. The number of benzene rings is 3. The second-order valence-corrected chi connectivity index (χ2v) is 11.1. The van der Waals surface area contributed by atoms with Crippen LogP contribution in [-0.4, -0.2) is 121 Å². The fourth-order valence-electron chi connectivity index (χ4n) is 4.65. The van der Waals surface area contributed by atoms with E-state index >= 15 is 0 Å². The van der Waals surface area contributed by atoms with Crippen molar-refractivity contribution in [1.29, 1.82) is 0 Å². The zero-order valence-corrected chi connectivity index (χ0v) is 28.2. The van der Waals surface area contributed by atoms with E-state index in [0.717, 1.165) is 50.6 Å². The van der Waals surface area contributed by atoms with Gasteiger partial charge in [-0.3, -0.25) is 29.8 Å². The molecule has 0 aliphatic carbocycles. The van der Waals surface area contributed by atoms with Gasteiger partial charge in [0.05, 0.1) is 60.7 Å². The summed E-state index contributed by atoms with van der Waals surface area (Å²) in [6.45, 7) is 7.76. The lowest BCUT2D eigenvalue weighted by atomic mass is 10.1. The van der Waals surface area contributed by atoms with E-state index in [4.69, 9.17) is 25.1 Å². The topological polar surface area (TPSA) is 230 Å². The molecule has 286 valence electrons. The van der Waals surface area contributed by atoms with Crippen molar-refractivity contribution in [3.05, 3.63) is 109 Å². The largest absolute Gasteiger partial charge is 0.478 e. The van der Waals surface area contributed by atoms with Gasteiger partial charge in [0.15, 0.2) is 0 Å². The Morgan fingerprint density at radius 1 is 0.642 bits per heavy atom. The maximum absolute atomic E-state index is 13.4. The van der Waals surface area contributed by atoms with Gasteiger partial charge in [-0.1, -0.05) is 0 Å². The molecule has 3 fully saturated rings. The maximum Gasteiger partial charge on any atom is 0.335 e. The van der Waals surface area contributed by atoms with Crippen LogP contribution in [0.15, 0.2) is 54.6 Å². The molecule has 3 aliphatic rings. The molecular weight excluding hydrogens is 713 g/mol. The van der Waals surface area contributed by atoms with Crippen molar-refractivity contribution >= 4 is 34.8 Å². The Balaban J connectivity index is 0.000000200. The number of carbonyl (C=O) groups excluding carboxylic acids is 2. The van der Waals surface area contributed by atoms with Gasteiger partial charge < -0.3 is 40.2 Å². The van der Waals surface area contributed by atoms with E-state index in [1.165, 1.54) is 29.2 Å². The first kappa shape index (κ1) is 41.7. The summed E-state index contributed by atoms with van der Waals surface area (Å²) in [5, 5.41) is 32.1. The van der Waals surface area contributed by atoms with Crippen molar-refractivity contribution in [2.75, 3.05) is 84.6 Å². The summed E-state index contributed by atoms with van der Waals surface area (Å²) >= 11 is 0. The SMILES string of the molecule is C1COCCN1.Nc1ccc(C(=O)N2CCOCC2)cc1F.O=C(O)c1ccc([N+](=O)[O-])c(F)c1.O=C(c1ccc([N+](=O)[O-])c(F)c1)N1CCOCC1. The first-order valence-electron chi connectivity index (χ1n) is 16.0. The van der Waals surface area contributed by atoms with E-state index < -0.39 is 44.6 Å². The molecule has 4 N–H and O–H groups in total. The minimum Gasteiger partial charge on any atom is -0.478 e. The minimum atomic E-state index is -1.33. The van der Waals surface area contributed by atoms with Crippen LogP contribution in [0.1, 0.15) is 31.1 Å². The molecule has 17 nitrogen and oxygen atoms in total. The number of amides is 2. The van der Waals surface area contributed by atoms with E-state index in [9.17, 15) is 47.8 Å². The van der Waals surface area contributed by atoms with Gasteiger partial charge in [-0.15, -0.1) is 0 Å². The van der Waals surface area contributed by atoms with Crippen LogP contribution in [0, 0.1) is 37.7 Å². The van der Waals surface area contributed by atoms with E-state index in [-0.39, 0.29) is 28.6 Å². The van der Waals surface area contributed by atoms with Crippen LogP contribution in [0.5, 0.6) is 0 Å². The summed E-state index contributed by atoms with van der Waals surface area (Å²) in [5.41, 5.74) is 4.16. The molecule has 0 radical (unpaired) electrons. The van der Waals surface area contributed by atoms with Crippen LogP contribution in [-0.2, 0) is 14.2 Å². The lowest BCUT2D eigenvalue weighted by molar-refractivity contribution is -0.387. The van der Waals surface area contributed by atoms with E-state index in [2.05, 4.69) is 5.32 Å². The molecule has 2 amide bonds. The highest BCUT2D eigenvalue weighted by Gasteiger charge is 2.22. The van der Waals surface area contributed by atoms with Crippen molar-refractivity contribution in [1.82, 2.24) is 15.1 Å².